The van der Waals surface area contributed by atoms with Gasteiger partial charge in [-0.15, -0.1) is 0 Å². The summed E-state index contributed by atoms with van der Waals surface area (Å²) in [6.45, 7) is 3.33. The lowest BCUT2D eigenvalue weighted by atomic mass is 10.0. The van der Waals surface area contributed by atoms with Crippen LogP contribution < -0.4 is 11.1 Å². The zero-order valence-electron chi connectivity index (χ0n) is 8.77. The average molecular weight is 215 g/mol. The van der Waals surface area contributed by atoms with Gasteiger partial charge in [-0.1, -0.05) is 5.16 Å². The third-order valence-electron chi connectivity index (χ3n) is 2.56. The van der Waals surface area contributed by atoms with E-state index in [-0.39, 0.29) is 24.3 Å². The molecule has 1 heterocycles. The van der Waals surface area contributed by atoms with Gasteiger partial charge in [-0.05, 0) is 13.3 Å². The highest BCUT2D eigenvalue weighted by molar-refractivity contribution is 5.98. The number of amides is 1. The van der Waals surface area contributed by atoms with Gasteiger partial charge in [0.25, 0.3) is 0 Å². The van der Waals surface area contributed by atoms with E-state index in [0.29, 0.717) is 12.5 Å². The molecule has 4 N–H and O–H groups in total. The van der Waals surface area contributed by atoms with Crippen LogP contribution in [0.25, 0.3) is 0 Å². The smallest absolute Gasteiger partial charge is 0.227 e. The number of oxime groups is 1. The first-order valence-electron chi connectivity index (χ1n) is 4.98. The molecule has 6 heteroatoms. The van der Waals surface area contributed by atoms with E-state index in [0.717, 1.165) is 13.0 Å². The summed E-state index contributed by atoms with van der Waals surface area (Å²) in [5, 5.41) is 13.7. The zero-order chi connectivity index (χ0) is 11.3. The molecule has 0 aromatic rings. The summed E-state index contributed by atoms with van der Waals surface area (Å²) in [5.74, 6) is 0.0499. The van der Waals surface area contributed by atoms with Crippen LogP contribution >= 0.6 is 0 Å². The van der Waals surface area contributed by atoms with Gasteiger partial charge in [-0.25, -0.2) is 0 Å². The van der Waals surface area contributed by atoms with Crippen LogP contribution in [0.3, 0.4) is 0 Å². The lowest BCUT2D eigenvalue weighted by Gasteiger charge is -2.14. The number of rotatable bonds is 4. The van der Waals surface area contributed by atoms with Crippen LogP contribution in [0.5, 0.6) is 0 Å². The molecule has 15 heavy (non-hydrogen) atoms. The Bertz CT molecular complexity index is 255. The lowest BCUT2D eigenvalue weighted by molar-refractivity contribution is -0.120. The van der Waals surface area contributed by atoms with E-state index in [9.17, 15) is 4.79 Å². The van der Waals surface area contributed by atoms with Crippen LogP contribution in [0.15, 0.2) is 5.16 Å². The third kappa shape index (κ3) is 3.75. The van der Waals surface area contributed by atoms with Crippen molar-refractivity contribution in [1.82, 2.24) is 5.32 Å². The number of amidine groups is 1. The molecule has 2 unspecified atom stereocenters. The van der Waals surface area contributed by atoms with Gasteiger partial charge in [0.05, 0.1) is 12.5 Å². The molecule has 1 aliphatic rings. The van der Waals surface area contributed by atoms with E-state index >= 15 is 0 Å². The Morgan fingerprint density at radius 1 is 1.73 bits per heavy atom. The highest BCUT2D eigenvalue weighted by Gasteiger charge is 2.24. The quantitative estimate of drug-likeness (QED) is 0.259. The molecule has 1 fully saturated rings. The van der Waals surface area contributed by atoms with Crippen LogP contribution in [-0.4, -0.2) is 36.2 Å². The molecule has 0 aliphatic carbocycles. The summed E-state index contributed by atoms with van der Waals surface area (Å²) in [6.07, 6.45) is 1.08. The molecule has 1 aliphatic heterocycles. The molecule has 0 radical (unpaired) electrons. The Labute approximate surface area is 88.5 Å². The Kier molecular flexibility index (Phi) is 4.36. The number of carbonyl (C=O) groups excluding carboxylic acids is 1. The zero-order valence-corrected chi connectivity index (χ0v) is 8.77. The summed E-state index contributed by atoms with van der Waals surface area (Å²) < 4.78 is 5.36. The predicted molar refractivity (Wildman–Crippen MR) is 54.6 cm³/mol. The molecule has 1 rings (SSSR count). The first-order chi connectivity index (χ1) is 7.13. The molecule has 0 bridgehead atoms. The monoisotopic (exact) mass is 215 g/mol. The first-order valence-corrected chi connectivity index (χ1v) is 4.98. The molecule has 86 valence electrons. The average Bonchev–Trinajstić information content (AvgIpc) is 2.61. The van der Waals surface area contributed by atoms with Gasteiger partial charge >= 0.3 is 0 Å². The van der Waals surface area contributed by atoms with Crippen molar-refractivity contribution in [2.24, 2.45) is 16.8 Å². The van der Waals surface area contributed by atoms with Crippen LogP contribution in [0, 0.1) is 5.92 Å². The number of hydrogen-bond acceptors (Lipinski definition) is 4. The van der Waals surface area contributed by atoms with Crippen LogP contribution in [0.1, 0.15) is 19.8 Å². The molecule has 0 aromatic carbocycles. The van der Waals surface area contributed by atoms with Gasteiger partial charge in [-0.3, -0.25) is 4.79 Å². The number of nitrogens with two attached hydrogens (primary N) is 1. The van der Waals surface area contributed by atoms with Crippen molar-refractivity contribution in [3.63, 3.8) is 0 Å². The van der Waals surface area contributed by atoms with Crippen LogP contribution in [0.2, 0.25) is 0 Å². The molecule has 0 spiro atoms. The van der Waals surface area contributed by atoms with E-state index in [1.165, 1.54) is 0 Å². The second-order valence-electron chi connectivity index (χ2n) is 3.70. The number of ether oxygens (including phenoxy) is 1. The van der Waals surface area contributed by atoms with Crippen molar-refractivity contribution in [2.75, 3.05) is 13.2 Å². The third-order valence-corrected chi connectivity index (χ3v) is 2.56. The van der Waals surface area contributed by atoms with Gasteiger partial charge in [0.2, 0.25) is 5.91 Å². The lowest BCUT2D eigenvalue weighted by Crippen LogP contribution is -2.34. The summed E-state index contributed by atoms with van der Waals surface area (Å²) in [4.78, 5) is 11.3. The normalized spacial score (nSPS) is 26.6. The maximum atomic E-state index is 11.3. The second kappa shape index (κ2) is 5.55. The fraction of sp³-hybridized carbons (Fsp3) is 0.778. The fourth-order valence-electron chi connectivity index (χ4n) is 1.55. The molecule has 0 saturated carbocycles. The van der Waals surface area contributed by atoms with Crippen LogP contribution in [0.4, 0.5) is 0 Å². The molecule has 1 amide bonds. The highest BCUT2D eigenvalue weighted by atomic mass is 16.5. The van der Waals surface area contributed by atoms with Gasteiger partial charge in [0.15, 0.2) is 0 Å². The van der Waals surface area contributed by atoms with Gasteiger partial charge in [0.1, 0.15) is 5.84 Å². The van der Waals surface area contributed by atoms with E-state index < -0.39 is 0 Å². The predicted octanol–water partition coefficient (Wildman–Crippen LogP) is -0.336. The van der Waals surface area contributed by atoms with E-state index in [4.69, 9.17) is 15.7 Å². The second-order valence-corrected chi connectivity index (χ2v) is 3.70. The number of hydrogen-bond donors (Lipinski definition) is 3. The topological polar surface area (TPSA) is 96.9 Å². The number of nitrogens with one attached hydrogen (secondary N) is 1. The van der Waals surface area contributed by atoms with Crippen molar-refractivity contribution in [3.05, 3.63) is 0 Å². The summed E-state index contributed by atoms with van der Waals surface area (Å²) in [7, 11) is 0. The maximum Gasteiger partial charge on any atom is 0.227 e. The summed E-state index contributed by atoms with van der Waals surface area (Å²) >= 11 is 0. The minimum atomic E-state index is -0.232. The molecule has 2 atom stereocenters. The SMILES string of the molecule is CC1OCCC1CNC(=O)CC(N)=NO. The standard InChI is InChI=1S/C9H17N3O3/c1-6-7(2-3-15-6)5-11-9(13)4-8(10)12-14/h6-7,14H,2-5H2,1H3,(H2,10,12)(H,11,13). The largest absolute Gasteiger partial charge is 0.409 e. The molecule has 0 aromatic heterocycles. The Morgan fingerprint density at radius 3 is 3.00 bits per heavy atom. The Hall–Kier alpha value is -1.30. The van der Waals surface area contributed by atoms with Gasteiger partial charge < -0.3 is 21.0 Å². The van der Waals surface area contributed by atoms with E-state index in [1.807, 2.05) is 6.92 Å². The first kappa shape index (κ1) is 11.8. The van der Waals surface area contributed by atoms with E-state index in [1.54, 1.807) is 0 Å². The Balaban J connectivity index is 2.22. The molecule has 1 saturated heterocycles. The minimum Gasteiger partial charge on any atom is -0.409 e. The summed E-state index contributed by atoms with van der Waals surface area (Å²) in [5.41, 5.74) is 5.20. The van der Waals surface area contributed by atoms with Crippen molar-refractivity contribution in [2.45, 2.75) is 25.9 Å². The number of carbonyl (C=O) groups is 1. The number of nitrogens with zero attached hydrogens (tertiary/aromatic N) is 1. The highest BCUT2D eigenvalue weighted by Crippen LogP contribution is 2.19. The molecular weight excluding hydrogens is 198 g/mol. The Morgan fingerprint density at radius 2 is 2.47 bits per heavy atom. The van der Waals surface area contributed by atoms with Crippen molar-refractivity contribution < 1.29 is 14.7 Å². The van der Waals surface area contributed by atoms with Gasteiger partial charge in [0, 0.05) is 19.1 Å². The van der Waals surface area contributed by atoms with Crippen molar-refractivity contribution >= 4 is 11.7 Å². The maximum absolute atomic E-state index is 11.3. The van der Waals surface area contributed by atoms with Crippen molar-refractivity contribution in [3.8, 4) is 0 Å². The van der Waals surface area contributed by atoms with Gasteiger partial charge in [-0.2, -0.15) is 0 Å². The minimum absolute atomic E-state index is 0.0710. The van der Waals surface area contributed by atoms with Crippen molar-refractivity contribution in [1.29, 1.82) is 0 Å². The summed E-state index contributed by atoms with van der Waals surface area (Å²) in [6, 6.07) is 0. The van der Waals surface area contributed by atoms with Crippen LogP contribution in [-0.2, 0) is 9.53 Å². The van der Waals surface area contributed by atoms with E-state index in [2.05, 4.69) is 10.5 Å². The molecular formula is C9H17N3O3. The molecule has 6 nitrogen and oxygen atoms in total. The fourth-order valence-corrected chi connectivity index (χ4v) is 1.55.